The van der Waals surface area contributed by atoms with Crippen molar-refractivity contribution in [2.45, 2.75) is 13.3 Å². The normalized spacial score (nSPS) is 9.83. The molecule has 0 N–H and O–H groups in total. The lowest BCUT2D eigenvalue weighted by molar-refractivity contribution is -0.389. The molecule has 0 aromatic carbocycles. The number of aromatic nitrogens is 1. The third-order valence-electron chi connectivity index (χ3n) is 1.38. The Hall–Kier alpha value is -0.970. The third-order valence-corrected chi connectivity index (χ3v) is 1.84. The summed E-state index contributed by atoms with van der Waals surface area (Å²) >= 11 is 3.18. The minimum atomic E-state index is -0.496. The molecule has 0 unspecified atom stereocenters. The molecule has 0 saturated carbocycles. The first-order valence-electron chi connectivity index (χ1n) is 3.44. The monoisotopic (exact) mass is 230 g/mol. The summed E-state index contributed by atoms with van der Waals surface area (Å²) in [5.41, 5.74) is 0.719. The van der Waals surface area contributed by atoms with Gasteiger partial charge in [0.2, 0.25) is 0 Å². The molecule has 1 aromatic heterocycles. The van der Waals surface area contributed by atoms with Gasteiger partial charge in [0.1, 0.15) is 0 Å². The van der Waals surface area contributed by atoms with Gasteiger partial charge in [0.15, 0.2) is 5.69 Å². The van der Waals surface area contributed by atoms with Gasteiger partial charge >= 0.3 is 5.82 Å². The number of hydrogen-bond acceptors (Lipinski definition) is 3. The third kappa shape index (κ3) is 2.01. The number of rotatable bonds is 2. The van der Waals surface area contributed by atoms with Crippen molar-refractivity contribution in [2.75, 3.05) is 0 Å². The quantitative estimate of drug-likeness (QED) is 0.579. The highest BCUT2D eigenvalue weighted by Crippen LogP contribution is 2.17. The molecule has 0 aliphatic heterocycles. The van der Waals surface area contributed by atoms with Crippen molar-refractivity contribution in [3.63, 3.8) is 0 Å². The van der Waals surface area contributed by atoms with Crippen LogP contribution in [0.3, 0.4) is 0 Å². The molecule has 0 radical (unpaired) electrons. The van der Waals surface area contributed by atoms with Crippen molar-refractivity contribution in [2.24, 2.45) is 0 Å². The van der Waals surface area contributed by atoms with E-state index in [1.165, 1.54) is 6.07 Å². The van der Waals surface area contributed by atoms with Gasteiger partial charge in [-0.25, -0.2) is 0 Å². The summed E-state index contributed by atoms with van der Waals surface area (Å²) < 4.78 is 0.695. The van der Waals surface area contributed by atoms with Crippen LogP contribution in [0, 0.1) is 10.1 Å². The van der Waals surface area contributed by atoms with Crippen LogP contribution in [-0.4, -0.2) is 9.91 Å². The maximum Gasteiger partial charge on any atom is 0.364 e. The molecule has 0 bridgehead atoms. The molecule has 0 fully saturated rings. The topological polar surface area (TPSA) is 56.0 Å². The molecule has 0 amide bonds. The van der Waals surface area contributed by atoms with Gasteiger partial charge < -0.3 is 10.1 Å². The van der Waals surface area contributed by atoms with Crippen LogP contribution in [0.15, 0.2) is 16.6 Å². The maximum absolute atomic E-state index is 10.3. The zero-order chi connectivity index (χ0) is 9.14. The van der Waals surface area contributed by atoms with Crippen LogP contribution in [0.2, 0.25) is 0 Å². The summed E-state index contributed by atoms with van der Waals surface area (Å²) in [6.45, 7) is 1.90. The van der Waals surface area contributed by atoms with E-state index in [1.807, 2.05) is 6.92 Å². The first-order valence-corrected chi connectivity index (χ1v) is 4.23. The van der Waals surface area contributed by atoms with E-state index < -0.39 is 4.92 Å². The smallest absolute Gasteiger partial charge is 0.358 e. The van der Waals surface area contributed by atoms with Crippen molar-refractivity contribution in [3.05, 3.63) is 32.4 Å². The lowest BCUT2D eigenvalue weighted by Gasteiger charge is -1.94. The van der Waals surface area contributed by atoms with E-state index in [2.05, 4.69) is 20.9 Å². The molecule has 0 saturated heterocycles. The molecule has 64 valence electrons. The van der Waals surface area contributed by atoms with E-state index in [0.717, 1.165) is 5.69 Å². The molecule has 0 spiro atoms. The lowest BCUT2D eigenvalue weighted by Crippen LogP contribution is -1.95. The molecule has 0 aliphatic rings. The Morgan fingerprint density at radius 2 is 2.33 bits per heavy atom. The van der Waals surface area contributed by atoms with Crippen LogP contribution >= 0.6 is 15.9 Å². The van der Waals surface area contributed by atoms with Gasteiger partial charge in [0.25, 0.3) is 0 Å². The van der Waals surface area contributed by atoms with Crippen LogP contribution < -0.4 is 0 Å². The number of halogens is 1. The predicted molar refractivity (Wildman–Crippen MR) is 48.0 cm³/mol. The molecule has 1 heterocycles. The van der Waals surface area contributed by atoms with E-state index in [1.54, 1.807) is 6.07 Å². The van der Waals surface area contributed by atoms with Gasteiger partial charge in [-0.3, -0.25) is 0 Å². The number of hydrogen-bond donors (Lipinski definition) is 0. The summed E-state index contributed by atoms with van der Waals surface area (Å²) in [7, 11) is 0. The fraction of sp³-hybridized carbons (Fsp3) is 0.286. The van der Waals surface area contributed by atoms with E-state index >= 15 is 0 Å². The summed E-state index contributed by atoms with van der Waals surface area (Å²) in [5, 5.41) is 10.3. The Kier molecular flexibility index (Phi) is 2.75. The molecule has 0 aliphatic carbocycles. The zero-order valence-electron chi connectivity index (χ0n) is 6.45. The van der Waals surface area contributed by atoms with Crippen LogP contribution in [0.25, 0.3) is 0 Å². The average Bonchev–Trinajstić information content (AvgIpc) is 2.03. The largest absolute Gasteiger partial charge is 0.364 e. The first kappa shape index (κ1) is 9.12. The second-order valence-corrected chi connectivity index (χ2v) is 3.16. The Labute approximate surface area is 77.9 Å². The van der Waals surface area contributed by atoms with Gasteiger partial charge in [-0.1, -0.05) is 22.9 Å². The summed E-state index contributed by atoms with van der Waals surface area (Å²) in [6.07, 6.45) is 0.695. The Bertz CT molecular complexity index is 314. The van der Waals surface area contributed by atoms with Crippen molar-refractivity contribution in [1.82, 2.24) is 4.98 Å². The Morgan fingerprint density at radius 3 is 2.83 bits per heavy atom. The number of nitrogens with zero attached hydrogens (tertiary/aromatic N) is 2. The summed E-state index contributed by atoms with van der Waals surface area (Å²) in [4.78, 5) is 13.7. The average molecular weight is 231 g/mol. The van der Waals surface area contributed by atoms with E-state index in [4.69, 9.17) is 0 Å². The highest BCUT2D eigenvalue weighted by Gasteiger charge is 2.10. The molecular weight excluding hydrogens is 224 g/mol. The van der Waals surface area contributed by atoms with Crippen LogP contribution in [0.5, 0.6) is 0 Å². The highest BCUT2D eigenvalue weighted by atomic mass is 79.9. The fourth-order valence-electron chi connectivity index (χ4n) is 0.810. The number of nitro groups is 1. The highest BCUT2D eigenvalue weighted by molar-refractivity contribution is 9.10. The molecule has 0 atom stereocenters. The molecule has 12 heavy (non-hydrogen) atoms. The lowest BCUT2D eigenvalue weighted by atomic mass is 10.3. The van der Waals surface area contributed by atoms with Gasteiger partial charge in [0.05, 0.1) is 6.07 Å². The summed E-state index contributed by atoms with van der Waals surface area (Å²) in [5.74, 6) is -0.110. The van der Waals surface area contributed by atoms with Crippen LogP contribution in [-0.2, 0) is 6.42 Å². The predicted octanol–water partition coefficient (Wildman–Crippen LogP) is 2.31. The Balaban J connectivity index is 3.15. The van der Waals surface area contributed by atoms with Crippen molar-refractivity contribution in [3.8, 4) is 0 Å². The summed E-state index contributed by atoms with van der Waals surface area (Å²) in [6, 6.07) is 3.16. The van der Waals surface area contributed by atoms with E-state index in [-0.39, 0.29) is 5.82 Å². The molecular formula is C7H7BrN2O2. The number of pyridine rings is 1. The zero-order valence-corrected chi connectivity index (χ0v) is 8.04. The molecule has 5 heteroatoms. The molecule has 1 aromatic rings. The van der Waals surface area contributed by atoms with E-state index in [0.29, 0.717) is 10.9 Å². The molecule has 1 rings (SSSR count). The van der Waals surface area contributed by atoms with Crippen LogP contribution in [0.4, 0.5) is 5.82 Å². The van der Waals surface area contributed by atoms with Crippen molar-refractivity contribution >= 4 is 21.7 Å². The minimum Gasteiger partial charge on any atom is -0.358 e. The van der Waals surface area contributed by atoms with Gasteiger partial charge in [-0.05, 0) is 16.0 Å². The SMILES string of the molecule is CCc1cc(Br)cc([N+](=O)[O-])n1. The van der Waals surface area contributed by atoms with Crippen molar-refractivity contribution < 1.29 is 4.92 Å². The van der Waals surface area contributed by atoms with Crippen molar-refractivity contribution in [1.29, 1.82) is 0 Å². The number of aryl methyl sites for hydroxylation is 1. The second kappa shape index (κ2) is 3.62. The standard InChI is InChI=1S/C7H7BrN2O2/c1-2-6-3-5(8)4-7(9-6)10(11)12/h3-4H,2H2,1H3. The maximum atomic E-state index is 10.3. The van der Waals surface area contributed by atoms with Crippen LogP contribution in [0.1, 0.15) is 12.6 Å². The second-order valence-electron chi connectivity index (χ2n) is 2.25. The fourth-order valence-corrected chi connectivity index (χ4v) is 1.28. The van der Waals surface area contributed by atoms with Gasteiger partial charge in [-0.2, -0.15) is 0 Å². The minimum absolute atomic E-state index is 0.110. The van der Waals surface area contributed by atoms with E-state index in [9.17, 15) is 10.1 Å². The molecule has 4 nitrogen and oxygen atoms in total. The van der Waals surface area contributed by atoms with Gasteiger partial charge in [-0.15, -0.1) is 0 Å². The van der Waals surface area contributed by atoms with Gasteiger partial charge in [0, 0.05) is 10.9 Å². The Morgan fingerprint density at radius 1 is 1.67 bits per heavy atom. The first-order chi connectivity index (χ1) is 5.63.